The zero-order chi connectivity index (χ0) is 18.8. The fourth-order valence-corrected chi connectivity index (χ4v) is 2.60. The number of hydrogen-bond donors (Lipinski definition) is 0. The van der Waals surface area contributed by atoms with Gasteiger partial charge in [-0.1, -0.05) is 0 Å². The summed E-state index contributed by atoms with van der Waals surface area (Å²) in [6, 6.07) is 3.55. The molecule has 0 radical (unpaired) electrons. The SMILES string of the molecule is Cc1ncc(-c2ccc(F)c(OC(F)F)c2)nc1CN1CC(C)OC1=O. The molecule has 9 heteroatoms. The number of ether oxygens (including phenoxy) is 2. The summed E-state index contributed by atoms with van der Waals surface area (Å²) in [6.07, 6.45) is 0.812. The highest BCUT2D eigenvalue weighted by molar-refractivity contribution is 5.70. The molecule has 6 nitrogen and oxygen atoms in total. The number of benzene rings is 1. The number of cyclic esters (lactones) is 1. The molecule has 1 saturated heterocycles. The van der Waals surface area contributed by atoms with Crippen LogP contribution in [0.3, 0.4) is 0 Å². The Hall–Kier alpha value is -2.84. The van der Waals surface area contributed by atoms with Crippen molar-refractivity contribution in [1.82, 2.24) is 14.9 Å². The molecule has 3 rings (SSSR count). The van der Waals surface area contributed by atoms with Gasteiger partial charge >= 0.3 is 12.7 Å². The van der Waals surface area contributed by atoms with Crippen LogP contribution in [0.15, 0.2) is 24.4 Å². The van der Waals surface area contributed by atoms with Crippen molar-refractivity contribution in [3.05, 3.63) is 41.6 Å². The van der Waals surface area contributed by atoms with Crippen molar-refractivity contribution in [1.29, 1.82) is 0 Å². The first kappa shape index (κ1) is 18.0. The van der Waals surface area contributed by atoms with E-state index < -0.39 is 24.3 Å². The zero-order valence-corrected chi connectivity index (χ0v) is 14.1. The third-order valence-corrected chi connectivity index (χ3v) is 3.87. The van der Waals surface area contributed by atoms with Crippen LogP contribution in [0.4, 0.5) is 18.0 Å². The van der Waals surface area contributed by atoms with E-state index in [2.05, 4.69) is 14.7 Å². The van der Waals surface area contributed by atoms with Crippen molar-refractivity contribution < 1.29 is 27.4 Å². The van der Waals surface area contributed by atoms with Crippen LogP contribution in [0.1, 0.15) is 18.3 Å². The maximum atomic E-state index is 13.6. The third-order valence-electron chi connectivity index (χ3n) is 3.87. The Morgan fingerprint density at radius 2 is 2.19 bits per heavy atom. The normalized spacial score (nSPS) is 16.9. The average molecular weight is 367 g/mol. The van der Waals surface area contributed by atoms with Crippen molar-refractivity contribution in [3.8, 4) is 17.0 Å². The van der Waals surface area contributed by atoms with Crippen LogP contribution in [-0.4, -0.2) is 40.2 Å². The molecule has 1 aliphatic heterocycles. The van der Waals surface area contributed by atoms with Crippen LogP contribution in [0, 0.1) is 12.7 Å². The van der Waals surface area contributed by atoms with Gasteiger partial charge in [0.1, 0.15) is 6.10 Å². The largest absolute Gasteiger partial charge is 0.444 e. The van der Waals surface area contributed by atoms with Crippen LogP contribution < -0.4 is 4.74 Å². The van der Waals surface area contributed by atoms with Crippen molar-refractivity contribution in [3.63, 3.8) is 0 Å². The van der Waals surface area contributed by atoms with E-state index in [9.17, 15) is 18.0 Å². The lowest BCUT2D eigenvalue weighted by atomic mass is 10.1. The highest BCUT2D eigenvalue weighted by atomic mass is 19.3. The number of amides is 1. The molecule has 26 heavy (non-hydrogen) atoms. The van der Waals surface area contributed by atoms with Crippen LogP contribution in [0.5, 0.6) is 5.75 Å². The maximum Gasteiger partial charge on any atom is 0.410 e. The minimum absolute atomic E-state index is 0.204. The lowest BCUT2D eigenvalue weighted by Crippen LogP contribution is -2.25. The smallest absolute Gasteiger partial charge is 0.410 e. The van der Waals surface area contributed by atoms with Gasteiger partial charge in [-0.3, -0.25) is 9.88 Å². The molecule has 1 fully saturated rings. The minimum Gasteiger partial charge on any atom is -0.444 e. The zero-order valence-electron chi connectivity index (χ0n) is 14.1. The Kier molecular flexibility index (Phi) is 4.97. The number of nitrogens with zero attached hydrogens (tertiary/aromatic N) is 3. The van der Waals surface area contributed by atoms with Gasteiger partial charge in [-0.15, -0.1) is 0 Å². The third kappa shape index (κ3) is 3.87. The molecule has 0 N–H and O–H groups in total. The number of carbonyl (C=O) groups is 1. The monoisotopic (exact) mass is 367 g/mol. The molecule has 0 bridgehead atoms. The maximum absolute atomic E-state index is 13.6. The predicted octanol–water partition coefficient (Wildman–Crippen LogP) is 3.53. The molecular formula is C17H16F3N3O3. The first-order valence-electron chi connectivity index (χ1n) is 7.86. The van der Waals surface area contributed by atoms with Gasteiger partial charge in [-0.2, -0.15) is 8.78 Å². The van der Waals surface area contributed by atoms with E-state index in [0.717, 1.165) is 12.1 Å². The quantitative estimate of drug-likeness (QED) is 0.809. The van der Waals surface area contributed by atoms with E-state index in [4.69, 9.17) is 4.74 Å². The average Bonchev–Trinajstić information content (AvgIpc) is 2.89. The number of rotatable bonds is 5. The highest BCUT2D eigenvalue weighted by Crippen LogP contribution is 2.27. The Morgan fingerprint density at radius 1 is 1.42 bits per heavy atom. The molecule has 0 spiro atoms. The molecule has 2 heterocycles. The van der Waals surface area contributed by atoms with Crippen molar-refractivity contribution in [2.45, 2.75) is 33.1 Å². The van der Waals surface area contributed by atoms with Crippen LogP contribution in [-0.2, 0) is 11.3 Å². The predicted molar refractivity (Wildman–Crippen MR) is 85.1 cm³/mol. The topological polar surface area (TPSA) is 64.6 Å². The van der Waals surface area contributed by atoms with Crippen LogP contribution >= 0.6 is 0 Å². The molecule has 0 aliphatic carbocycles. The first-order valence-corrected chi connectivity index (χ1v) is 7.86. The Balaban J connectivity index is 1.89. The Morgan fingerprint density at radius 3 is 2.85 bits per heavy atom. The van der Waals surface area contributed by atoms with E-state index in [0.29, 0.717) is 29.2 Å². The Labute approximate surface area is 147 Å². The highest BCUT2D eigenvalue weighted by Gasteiger charge is 2.29. The lowest BCUT2D eigenvalue weighted by molar-refractivity contribution is -0.0521. The van der Waals surface area contributed by atoms with Crippen LogP contribution in [0.2, 0.25) is 0 Å². The van der Waals surface area contributed by atoms with E-state index in [1.807, 2.05) is 0 Å². The first-order chi connectivity index (χ1) is 12.3. The molecule has 1 aromatic carbocycles. The van der Waals surface area contributed by atoms with Gasteiger partial charge in [0.05, 0.1) is 36.4 Å². The molecule has 1 amide bonds. The van der Waals surface area contributed by atoms with Gasteiger partial charge < -0.3 is 9.47 Å². The van der Waals surface area contributed by atoms with Gasteiger partial charge in [0, 0.05) is 5.56 Å². The number of hydrogen-bond acceptors (Lipinski definition) is 5. The second-order valence-corrected chi connectivity index (χ2v) is 5.89. The number of carbonyl (C=O) groups excluding carboxylic acids is 1. The molecule has 1 aromatic heterocycles. The van der Waals surface area contributed by atoms with Gasteiger partial charge in [-0.05, 0) is 32.0 Å². The van der Waals surface area contributed by atoms with Gasteiger partial charge in [0.15, 0.2) is 11.6 Å². The number of aryl methyl sites for hydroxylation is 1. The number of aromatic nitrogens is 2. The summed E-state index contributed by atoms with van der Waals surface area (Å²) in [7, 11) is 0. The number of alkyl halides is 2. The number of halogens is 3. The van der Waals surface area contributed by atoms with Crippen molar-refractivity contribution in [2.75, 3.05) is 6.54 Å². The summed E-state index contributed by atoms with van der Waals surface area (Å²) in [4.78, 5) is 21.9. The van der Waals surface area contributed by atoms with Crippen molar-refractivity contribution >= 4 is 6.09 Å². The van der Waals surface area contributed by atoms with Crippen molar-refractivity contribution in [2.24, 2.45) is 0 Å². The van der Waals surface area contributed by atoms with Gasteiger partial charge in [0.25, 0.3) is 0 Å². The Bertz CT molecular complexity index is 832. The fourth-order valence-electron chi connectivity index (χ4n) is 2.60. The second-order valence-electron chi connectivity index (χ2n) is 5.89. The molecule has 1 aliphatic rings. The van der Waals surface area contributed by atoms with Gasteiger partial charge in [-0.25, -0.2) is 14.2 Å². The summed E-state index contributed by atoms with van der Waals surface area (Å²) in [5.74, 6) is -1.47. The molecule has 1 unspecified atom stereocenters. The van der Waals surface area contributed by atoms with E-state index in [1.54, 1.807) is 13.8 Å². The van der Waals surface area contributed by atoms with Crippen LogP contribution in [0.25, 0.3) is 11.3 Å². The molecular weight excluding hydrogens is 351 g/mol. The van der Waals surface area contributed by atoms with E-state index in [-0.39, 0.29) is 12.6 Å². The van der Waals surface area contributed by atoms with E-state index >= 15 is 0 Å². The van der Waals surface area contributed by atoms with E-state index in [1.165, 1.54) is 17.2 Å². The molecule has 138 valence electrons. The summed E-state index contributed by atoms with van der Waals surface area (Å²) < 4.78 is 47.6. The summed E-state index contributed by atoms with van der Waals surface area (Å²) in [6.45, 7) is 1.04. The molecule has 2 aromatic rings. The summed E-state index contributed by atoms with van der Waals surface area (Å²) >= 11 is 0. The second kappa shape index (κ2) is 7.19. The minimum atomic E-state index is -3.14. The van der Waals surface area contributed by atoms with Gasteiger partial charge in [0.2, 0.25) is 0 Å². The molecule has 1 atom stereocenters. The fraction of sp³-hybridized carbons (Fsp3) is 0.353. The lowest BCUT2D eigenvalue weighted by Gasteiger charge is -2.14. The summed E-state index contributed by atoms with van der Waals surface area (Å²) in [5.41, 5.74) is 1.87. The standard InChI is InChI=1S/C17H16F3N3O3/c1-9-7-23(17(24)25-9)8-14-10(2)21-6-13(22-14)11-3-4-12(18)15(5-11)26-16(19)20/h3-6,9,16H,7-8H2,1-2H3. The summed E-state index contributed by atoms with van der Waals surface area (Å²) in [5, 5.41) is 0. The molecule has 0 saturated carbocycles.